The Morgan fingerprint density at radius 2 is 1.88 bits per heavy atom. The standard InChI is InChI=1S/C18H24ClN3O2/c19-14-6-8-16(9-7-14)22-12-13(10-17(22)23)11-20-18(24)21-15-4-2-1-3-5-15/h6-9,13,15H,1-5,10-12H2,(H2,20,21,24)/t13-/m1/s1. The molecule has 5 nitrogen and oxygen atoms in total. The predicted octanol–water partition coefficient (Wildman–Crippen LogP) is 3.32. The summed E-state index contributed by atoms with van der Waals surface area (Å²) in [4.78, 5) is 26.0. The van der Waals surface area contributed by atoms with Crippen LogP contribution in [0.5, 0.6) is 0 Å². The number of hydrogen-bond acceptors (Lipinski definition) is 2. The lowest BCUT2D eigenvalue weighted by atomic mass is 9.96. The first-order valence-electron chi connectivity index (χ1n) is 8.72. The van der Waals surface area contributed by atoms with E-state index in [1.165, 1.54) is 19.3 Å². The van der Waals surface area contributed by atoms with Crippen molar-refractivity contribution >= 4 is 29.2 Å². The summed E-state index contributed by atoms with van der Waals surface area (Å²) in [5.74, 6) is 0.238. The molecule has 1 aliphatic heterocycles. The molecule has 130 valence electrons. The van der Waals surface area contributed by atoms with Gasteiger partial charge in [0, 0.05) is 42.2 Å². The normalized spacial score (nSPS) is 21.8. The van der Waals surface area contributed by atoms with Crippen molar-refractivity contribution in [1.29, 1.82) is 0 Å². The third kappa shape index (κ3) is 4.41. The molecule has 6 heteroatoms. The lowest BCUT2D eigenvalue weighted by Gasteiger charge is -2.23. The maximum Gasteiger partial charge on any atom is 0.315 e. The van der Waals surface area contributed by atoms with Gasteiger partial charge in [0.05, 0.1) is 0 Å². The maximum absolute atomic E-state index is 12.2. The first kappa shape index (κ1) is 17.1. The van der Waals surface area contributed by atoms with Gasteiger partial charge < -0.3 is 15.5 Å². The van der Waals surface area contributed by atoms with E-state index >= 15 is 0 Å². The first-order valence-corrected chi connectivity index (χ1v) is 9.10. The van der Waals surface area contributed by atoms with Crippen LogP contribution in [0.15, 0.2) is 24.3 Å². The highest BCUT2D eigenvalue weighted by molar-refractivity contribution is 6.30. The Bertz CT molecular complexity index is 584. The number of anilines is 1. The Kier molecular flexibility index (Phi) is 5.61. The van der Waals surface area contributed by atoms with Crippen molar-refractivity contribution in [2.45, 2.75) is 44.6 Å². The molecule has 1 aliphatic carbocycles. The zero-order valence-corrected chi connectivity index (χ0v) is 14.5. The molecular weight excluding hydrogens is 326 g/mol. The van der Waals surface area contributed by atoms with Gasteiger partial charge in [-0.2, -0.15) is 0 Å². The Balaban J connectivity index is 1.45. The molecule has 1 atom stereocenters. The Morgan fingerprint density at radius 3 is 2.58 bits per heavy atom. The molecule has 1 saturated heterocycles. The summed E-state index contributed by atoms with van der Waals surface area (Å²) in [6.07, 6.45) is 6.26. The molecule has 1 aromatic rings. The number of urea groups is 1. The molecule has 0 radical (unpaired) electrons. The van der Waals surface area contributed by atoms with Gasteiger partial charge in [-0.05, 0) is 37.1 Å². The van der Waals surface area contributed by atoms with Crippen molar-refractivity contribution in [3.8, 4) is 0 Å². The minimum absolute atomic E-state index is 0.0943. The molecule has 0 aromatic heterocycles. The number of rotatable bonds is 4. The van der Waals surface area contributed by atoms with Crippen LogP contribution in [0.1, 0.15) is 38.5 Å². The van der Waals surface area contributed by atoms with E-state index in [9.17, 15) is 9.59 Å². The molecule has 1 heterocycles. The van der Waals surface area contributed by atoms with Crippen molar-refractivity contribution in [3.63, 3.8) is 0 Å². The van der Waals surface area contributed by atoms with Crippen LogP contribution in [0.3, 0.4) is 0 Å². The first-order chi connectivity index (χ1) is 11.6. The van der Waals surface area contributed by atoms with Crippen LogP contribution in [-0.4, -0.2) is 31.1 Å². The van der Waals surface area contributed by atoms with Gasteiger partial charge in [-0.3, -0.25) is 4.79 Å². The van der Waals surface area contributed by atoms with Crippen molar-refractivity contribution in [3.05, 3.63) is 29.3 Å². The van der Waals surface area contributed by atoms with Gasteiger partial charge in [-0.25, -0.2) is 4.79 Å². The number of nitrogens with zero attached hydrogens (tertiary/aromatic N) is 1. The van der Waals surface area contributed by atoms with E-state index in [0.29, 0.717) is 30.6 Å². The van der Waals surface area contributed by atoms with E-state index in [2.05, 4.69) is 10.6 Å². The SMILES string of the molecule is O=C(NC[C@H]1CC(=O)N(c2ccc(Cl)cc2)C1)NC1CCCCC1. The average molecular weight is 350 g/mol. The van der Waals surface area contributed by atoms with E-state index in [-0.39, 0.29) is 17.9 Å². The smallest absolute Gasteiger partial charge is 0.315 e. The average Bonchev–Trinajstić information content (AvgIpc) is 2.95. The molecule has 0 bridgehead atoms. The summed E-state index contributed by atoms with van der Waals surface area (Å²) in [5.41, 5.74) is 0.860. The molecule has 0 unspecified atom stereocenters. The van der Waals surface area contributed by atoms with E-state index in [1.807, 2.05) is 12.1 Å². The minimum Gasteiger partial charge on any atom is -0.338 e. The predicted molar refractivity (Wildman–Crippen MR) is 95.3 cm³/mol. The monoisotopic (exact) mass is 349 g/mol. The summed E-state index contributed by atoms with van der Waals surface area (Å²) in [5, 5.41) is 6.62. The second-order valence-electron chi connectivity index (χ2n) is 6.74. The van der Waals surface area contributed by atoms with Crippen LogP contribution in [0, 0.1) is 5.92 Å². The molecule has 1 saturated carbocycles. The van der Waals surface area contributed by atoms with Gasteiger partial charge in [-0.1, -0.05) is 30.9 Å². The third-order valence-electron chi connectivity index (χ3n) is 4.84. The van der Waals surface area contributed by atoms with Gasteiger partial charge in [-0.15, -0.1) is 0 Å². The molecular formula is C18H24ClN3O2. The lowest BCUT2D eigenvalue weighted by molar-refractivity contribution is -0.117. The van der Waals surface area contributed by atoms with Crippen molar-refractivity contribution in [2.24, 2.45) is 5.92 Å². The zero-order valence-electron chi connectivity index (χ0n) is 13.8. The summed E-state index contributed by atoms with van der Waals surface area (Å²) in [7, 11) is 0. The third-order valence-corrected chi connectivity index (χ3v) is 5.09. The molecule has 0 spiro atoms. The second-order valence-corrected chi connectivity index (χ2v) is 7.18. The second kappa shape index (κ2) is 7.88. The van der Waals surface area contributed by atoms with E-state index in [1.54, 1.807) is 17.0 Å². The molecule has 3 amide bonds. The van der Waals surface area contributed by atoms with Gasteiger partial charge in [0.25, 0.3) is 0 Å². The number of nitrogens with one attached hydrogen (secondary N) is 2. The summed E-state index contributed by atoms with van der Waals surface area (Å²) in [6.45, 7) is 1.15. The van der Waals surface area contributed by atoms with E-state index in [4.69, 9.17) is 11.6 Å². The fourth-order valence-electron chi connectivity index (χ4n) is 3.51. The van der Waals surface area contributed by atoms with Crippen LogP contribution in [0.2, 0.25) is 5.02 Å². The summed E-state index contributed by atoms with van der Waals surface area (Å²) < 4.78 is 0. The maximum atomic E-state index is 12.2. The fourth-order valence-corrected chi connectivity index (χ4v) is 3.64. The van der Waals surface area contributed by atoms with Crippen LogP contribution in [0.4, 0.5) is 10.5 Å². The van der Waals surface area contributed by atoms with Crippen LogP contribution in [-0.2, 0) is 4.79 Å². The number of hydrogen-bond donors (Lipinski definition) is 2. The van der Waals surface area contributed by atoms with Crippen molar-refractivity contribution < 1.29 is 9.59 Å². The molecule has 2 N–H and O–H groups in total. The van der Waals surface area contributed by atoms with Gasteiger partial charge in [0.1, 0.15) is 0 Å². The summed E-state index contributed by atoms with van der Waals surface area (Å²) >= 11 is 5.89. The molecule has 24 heavy (non-hydrogen) atoms. The Hall–Kier alpha value is -1.75. The largest absolute Gasteiger partial charge is 0.338 e. The number of carbonyl (C=O) groups is 2. The van der Waals surface area contributed by atoms with Crippen LogP contribution < -0.4 is 15.5 Å². The number of amides is 3. The highest BCUT2D eigenvalue weighted by Gasteiger charge is 2.30. The topological polar surface area (TPSA) is 61.4 Å². The quantitative estimate of drug-likeness (QED) is 0.875. The van der Waals surface area contributed by atoms with Crippen LogP contribution >= 0.6 is 11.6 Å². The number of carbonyl (C=O) groups excluding carboxylic acids is 2. The highest BCUT2D eigenvalue weighted by Crippen LogP contribution is 2.26. The molecule has 1 aromatic carbocycles. The van der Waals surface area contributed by atoms with Gasteiger partial charge in [0.15, 0.2) is 0 Å². The van der Waals surface area contributed by atoms with Crippen molar-refractivity contribution in [2.75, 3.05) is 18.0 Å². The van der Waals surface area contributed by atoms with Gasteiger partial charge >= 0.3 is 6.03 Å². The number of benzene rings is 1. The zero-order chi connectivity index (χ0) is 16.9. The molecule has 3 rings (SSSR count). The fraction of sp³-hybridized carbons (Fsp3) is 0.556. The lowest BCUT2D eigenvalue weighted by Crippen LogP contribution is -2.44. The van der Waals surface area contributed by atoms with E-state index in [0.717, 1.165) is 18.5 Å². The van der Waals surface area contributed by atoms with Crippen molar-refractivity contribution in [1.82, 2.24) is 10.6 Å². The molecule has 2 fully saturated rings. The number of halogens is 1. The minimum atomic E-state index is -0.112. The summed E-state index contributed by atoms with van der Waals surface area (Å²) in [6, 6.07) is 7.46. The van der Waals surface area contributed by atoms with Crippen LogP contribution in [0.25, 0.3) is 0 Å². The Labute approximate surface area is 147 Å². The molecule has 2 aliphatic rings. The highest BCUT2D eigenvalue weighted by atomic mass is 35.5. The van der Waals surface area contributed by atoms with Gasteiger partial charge in [0.2, 0.25) is 5.91 Å². The van der Waals surface area contributed by atoms with E-state index < -0.39 is 0 Å². The Morgan fingerprint density at radius 1 is 1.17 bits per heavy atom.